The second kappa shape index (κ2) is 22.8. The van der Waals surface area contributed by atoms with E-state index in [2.05, 4.69) is 152 Å². The maximum absolute atomic E-state index is 10.7. The summed E-state index contributed by atoms with van der Waals surface area (Å²) >= 11 is 0. The number of nitrogens with zero attached hydrogens (tertiary/aromatic N) is 1. The number of nitroso groups, excluding NO2 is 1. The van der Waals surface area contributed by atoms with E-state index in [0.29, 0.717) is 6.04 Å². The molecule has 1 saturated carbocycles. The topological polar surface area (TPSA) is 109 Å². The predicted octanol–water partition coefficient (Wildman–Crippen LogP) is 9.60. The Morgan fingerprint density at radius 3 is 1.40 bits per heavy atom. The average molecular weight is 915 g/mol. The minimum absolute atomic E-state index is 0. The number of benzene rings is 4. The zero-order valence-corrected chi connectivity index (χ0v) is 33.8. The van der Waals surface area contributed by atoms with Crippen LogP contribution in [-0.2, 0) is 30.5 Å². The van der Waals surface area contributed by atoms with Crippen LogP contribution in [0.25, 0.3) is 11.7 Å². The van der Waals surface area contributed by atoms with Crippen LogP contribution in [0.1, 0.15) is 37.7 Å². The van der Waals surface area contributed by atoms with Crippen molar-refractivity contribution in [3.8, 4) is 0 Å². The number of fused-ring (bicyclic) bond motifs is 1. The van der Waals surface area contributed by atoms with Gasteiger partial charge in [-0.15, -0.1) is 0 Å². The molecule has 0 spiro atoms. The van der Waals surface area contributed by atoms with Gasteiger partial charge in [0.05, 0.1) is 0 Å². The Morgan fingerprint density at radius 1 is 0.720 bits per heavy atom. The van der Waals surface area contributed by atoms with E-state index in [9.17, 15) is 13.2 Å². The molecule has 0 aromatic heterocycles. The Kier molecular flexibility index (Phi) is 20.5. The SMILES string of the molecule is C1CCCC1.C[Si](C)(C)CC1C=Cc2ccccc2N1.O=S(=O)([O-])C(F)(F)F.[N-]=O.[Re].c1ccc(P(c2ccccc2)c2ccccc2)cc1. The standard InChI is InChI=1S/C18H15P.C13H19NSi.C5H10.CHF3O3S.NO.Re/c1-4-10-16(11-5-1)19(17-12-6-2-7-13-17)18-14-8-3-9-15-18;1-15(2,3)10-12-9-8-11-6-4-5-7-13(11)14-12;1-2-4-5-3-1;2-1(3,4)8(5,6)7;1-2;/h1-15H;4-9,12,14H,10H2,1-3H3;1-5H2;(H,5,6,7);;/q;;;;-1;/p-1. The summed E-state index contributed by atoms with van der Waals surface area (Å²) in [5.74, 6) is 0. The zero-order chi connectivity index (χ0) is 36.3. The van der Waals surface area contributed by atoms with Gasteiger partial charge in [-0.1, -0.05) is 173 Å². The molecule has 4 aromatic rings. The van der Waals surface area contributed by atoms with E-state index in [1.807, 2.05) is 0 Å². The molecule has 50 heavy (non-hydrogen) atoms. The van der Waals surface area contributed by atoms with Crippen molar-refractivity contribution in [1.29, 1.82) is 0 Å². The van der Waals surface area contributed by atoms with Crippen molar-refractivity contribution < 1.29 is 46.6 Å². The molecular formula is C37H44F3N2O4PReSSi-2. The van der Waals surface area contributed by atoms with E-state index in [1.54, 1.807) is 0 Å². The van der Waals surface area contributed by atoms with Crippen LogP contribution >= 0.6 is 7.92 Å². The second-order valence-electron chi connectivity index (χ2n) is 12.5. The van der Waals surface area contributed by atoms with Gasteiger partial charge in [0.1, 0.15) is 0 Å². The first-order chi connectivity index (χ1) is 23.2. The summed E-state index contributed by atoms with van der Waals surface area (Å²) < 4.78 is 58.9. The maximum atomic E-state index is 10.7. The van der Waals surface area contributed by atoms with Gasteiger partial charge in [-0.25, -0.2) is 8.42 Å². The molecule has 1 unspecified atom stereocenters. The molecule has 271 valence electrons. The van der Waals surface area contributed by atoms with Gasteiger partial charge in [-0.3, -0.25) is 0 Å². The minimum atomic E-state index is -6.09. The Hall–Kier alpha value is -2.97. The number of rotatable bonds is 5. The van der Waals surface area contributed by atoms with Crippen molar-refractivity contribution >= 4 is 53.8 Å². The monoisotopic (exact) mass is 915 g/mol. The molecule has 2 aliphatic rings. The number of halogens is 3. The first-order valence-corrected chi connectivity index (χ1v) is 22.4. The molecular weight excluding hydrogens is 871 g/mol. The van der Waals surface area contributed by atoms with Crippen LogP contribution in [0.2, 0.25) is 25.7 Å². The van der Waals surface area contributed by atoms with Gasteiger partial charge in [-0.05, 0) is 41.5 Å². The third-order valence-corrected chi connectivity index (χ3v) is 11.9. The molecule has 4 aromatic carbocycles. The van der Waals surface area contributed by atoms with Crippen LogP contribution in [0.4, 0.5) is 18.9 Å². The summed E-state index contributed by atoms with van der Waals surface area (Å²) in [4.78, 5) is 7.25. The van der Waals surface area contributed by atoms with E-state index in [-0.39, 0.29) is 20.4 Å². The van der Waals surface area contributed by atoms with Gasteiger partial charge in [0, 0.05) is 40.2 Å². The zero-order valence-electron chi connectivity index (χ0n) is 28.4. The van der Waals surface area contributed by atoms with Crippen molar-refractivity contribution in [2.45, 2.75) is 69.3 Å². The molecule has 1 fully saturated rings. The normalized spacial score (nSPS) is 14.6. The molecule has 6 nitrogen and oxygen atoms in total. The van der Waals surface area contributed by atoms with Crippen LogP contribution in [0, 0.1) is 4.91 Å². The summed E-state index contributed by atoms with van der Waals surface area (Å²) in [6, 6.07) is 42.7. The molecule has 1 heterocycles. The number of alkyl halides is 3. The minimum Gasteiger partial charge on any atom is -0.741 e. The van der Waals surface area contributed by atoms with Gasteiger partial charge in [0.15, 0.2) is 10.1 Å². The summed E-state index contributed by atoms with van der Waals surface area (Å²) in [6.45, 7) is 7.26. The van der Waals surface area contributed by atoms with Crippen molar-refractivity contribution in [3.63, 3.8) is 0 Å². The van der Waals surface area contributed by atoms with Gasteiger partial charge in [-0.2, -0.15) is 13.2 Å². The molecule has 0 bridgehead atoms. The van der Waals surface area contributed by atoms with Crippen LogP contribution in [-0.4, -0.2) is 32.6 Å². The predicted molar refractivity (Wildman–Crippen MR) is 202 cm³/mol. The molecule has 1 N–H and O–H groups in total. The van der Waals surface area contributed by atoms with Gasteiger partial charge in [0.25, 0.3) is 0 Å². The second-order valence-corrected chi connectivity index (χ2v) is 21.6. The first kappa shape index (κ1) is 45.1. The Balaban J connectivity index is 0.000000358. The Labute approximate surface area is 310 Å². The summed E-state index contributed by atoms with van der Waals surface area (Å²) in [5, 5.41) is 7.80. The smallest absolute Gasteiger partial charge is 0.485 e. The summed E-state index contributed by atoms with van der Waals surface area (Å²) in [5.41, 5.74) is 2.69. The Morgan fingerprint density at radius 2 is 1.06 bits per heavy atom. The number of hydrogen-bond donors (Lipinski definition) is 1. The van der Waals surface area contributed by atoms with Crippen LogP contribution < -0.4 is 21.2 Å². The van der Waals surface area contributed by atoms with Crippen molar-refractivity contribution in [1.82, 2.24) is 0 Å². The first-order valence-electron chi connectivity index (χ1n) is 15.9. The summed E-state index contributed by atoms with van der Waals surface area (Å²) in [6.07, 6.45) is 12.1. The third-order valence-electron chi connectivity index (χ3n) is 7.22. The van der Waals surface area contributed by atoms with Crippen molar-refractivity contribution in [3.05, 3.63) is 137 Å². The van der Waals surface area contributed by atoms with Gasteiger partial charge in [0.2, 0.25) is 0 Å². The molecule has 0 amide bonds. The fourth-order valence-corrected chi connectivity index (χ4v) is 8.95. The van der Waals surface area contributed by atoms with Crippen LogP contribution in [0.3, 0.4) is 0 Å². The maximum Gasteiger partial charge on any atom is 0.485 e. The Bertz CT molecular complexity index is 1540. The van der Waals surface area contributed by atoms with E-state index in [0.717, 1.165) is 0 Å². The molecule has 1 radical (unpaired) electrons. The quantitative estimate of drug-likeness (QED) is 0.0929. The molecule has 13 heteroatoms. The molecule has 1 atom stereocenters. The fraction of sp³-hybridized carbons (Fsp3) is 0.297. The molecule has 0 saturated heterocycles. The largest absolute Gasteiger partial charge is 0.741 e. The van der Waals surface area contributed by atoms with Crippen LogP contribution in [0.15, 0.2) is 121 Å². The number of anilines is 1. The number of nitrogens with one attached hydrogen (secondary N) is 1. The number of hydrogen-bond acceptors (Lipinski definition) is 5. The van der Waals surface area contributed by atoms with E-state index < -0.39 is 31.6 Å². The van der Waals surface area contributed by atoms with Gasteiger partial charge >= 0.3 is 5.51 Å². The molecule has 1 aliphatic heterocycles. The van der Waals surface area contributed by atoms with Gasteiger partial charge < -0.3 is 20.4 Å². The fourth-order valence-electron chi connectivity index (χ4n) is 5.08. The van der Waals surface area contributed by atoms with E-state index in [1.165, 1.54) is 65.3 Å². The number of para-hydroxylation sites is 1. The molecule has 6 rings (SSSR count). The van der Waals surface area contributed by atoms with Crippen molar-refractivity contribution in [2.24, 2.45) is 0 Å². The van der Waals surface area contributed by atoms with Crippen molar-refractivity contribution in [2.75, 3.05) is 5.32 Å². The molecule has 1 aliphatic carbocycles. The summed E-state index contributed by atoms with van der Waals surface area (Å²) in [7, 11) is -7.52. The average Bonchev–Trinajstić information content (AvgIpc) is 3.67. The van der Waals surface area contributed by atoms with E-state index >= 15 is 0 Å². The third kappa shape index (κ3) is 16.8. The van der Waals surface area contributed by atoms with E-state index in [4.69, 9.17) is 23.5 Å². The van der Waals surface area contributed by atoms with Crippen LogP contribution in [0.5, 0.6) is 0 Å².